The van der Waals surface area contributed by atoms with Crippen LogP contribution in [-0.4, -0.2) is 26.8 Å². The van der Waals surface area contributed by atoms with Crippen molar-refractivity contribution in [1.29, 1.82) is 0 Å². The second-order valence-electron chi connectivity index (χ2n) is 4.77. The van der Waals surface area contributed by atoms with Crippen LogP contribution < -0.4 is 10.6 Å². The summed E-state index contributed by atoms with van der Waals surface area (Å²) < 4.78 is 0. The van der Waals surface area contributed by atoms with Crippen molar-refractivity contribution in [1.82, 2.24) is 15.0 Å². The van der Waals surface area contributed by atoms with Crippen LogP contribution in [0.1, 0.15) is 21.0 Å². The first kappa shape index (κ1) is 15.3. The quantitative estimate of drug-likeness (QED) is 0.769. The van der Waals surface area contributed by atoms with Crippen LogP contribution in [0.5, 0.6) is 0 Å². The maximum absolute atomic E-state index is 12.2. The van der Waals surface area contributed by atoms with Crippen molar-refractivity contribution < 1.29 is 9.59 Å². The third-order valence-electron chi connectivity index (χ3n) is 3.06. The third kappa shape index (κ3) is 3.77. The van der Waals surface area contributed by atoms with Gasteiger partial charge in [0.05, 0.1) is 0 Å². The number of amides is 2. The zero-order valence-corrected chi connectivity index (χ0v) is 12.5. The first-order valence-electron chi connectivity index (χ1n) is 7.13. The van der Waals surface area contributed by atoms with Gasteiger partial charge in [-0.25, -0.2) is 9.97 Å². The van der Waals surface area contributed by atoms with Gasteiger partial charge in [0.2, 0.25) is 0 Å². The van der Waals surface area contributed by atoms with Crippen molar-refractivity contribution in [2.75, 3.05) is 10.6 Å². The molecule has 3 aromatic rings. The molecule has 0 aliphatic carbocycles. The second-order valence-corrected chi connectivity index (χ2v) is 4.77. The van der Waals surface area contributed by atoms with Crippen molar-refractivity contribution in [3.63, 3.8) is 0 Å². The summed E-state index contributed by atoms with van der Waals surface area (Å²) in [5.41, 5.74) is 0.864. The van der Waals surface area contributed by atoms with E-state index < -0.39 is 11.8 Å². The van der Waals surface area contributed by atoms with E-state index in [0.717, 1.165) is 0 Å². The average molecular weight is 319 g/mol. The zero-order valence-electron chi connectivity index (χ0n) is 12.5. The summed E-state index contributed by atoms with van der Waals surface area (Å²) in [5.74, 6) is -0.433. The maximum Gasteiger partial charge on any atom is 0.275 e. The predicted molar refractivity (Wildman–Crippen MR) is 88.6 cm³/mol. The number of pyridine rings is 3. The Bertz CT molecular complexity index is 784. The molecule has 0 radical (unpaired) electrons. The largest absolute Gasteiger partial charge is 0.321 e. The van der Waals surface area contributed by atoms with Crippen LogP contribution in [0.25, 0.3) is 0 Å². The van der Waals surface area contributed by atoms with Gasteiger partial charge in [0.15, 0.2) is 0 Å². The zero-order chi connectivity index (χ0) is 16.8. The SMILES string of the molecule is O=C(Nc1ccncc1)c1cccc(C(=O)Nc2ccccn2)n1. The number of nitrogens with one attached hydrogen (secondary N) is 2. The van der Waals surface area contributed by atoms with Crippen LogP contribution in [0.2, 0.25) is 0 Å². The van der Waals surface area contributed by atoms with E-state index in [4.69, 9.17) is 0 Å². The summed E-state index contributed by atoms with van der Waals surface area (Å²) in [6, 6.07) is 13.2. The molecule has 0 unspecified atom stereocenters. The molecule has 3 heterocycles. The number of carbonyl (C=O) groups is 2. The van der Waals surface area contributed by atoms with Crippen molar-refractivity contribution in [2.24, 2.45) is 0 Å². The Hall–Kier alpha value is -3.61. The number of hydrogen-bond acceptors (Lipinski definition) is 5. The first-order valence-corrected chi connectivity index (χ1v) is 7.13. The molecule has 0 atom stereocenters. The molecule has 0 aromatic carbocycles. The molecule has 7 nitrogen and oxygen atoms in total. The molecular weight excluding hydrogens is 306 g/mol. The monoisotopic (exact) mass is 319 g/mol. The predicted octanol–water partition coefficient (Wildman–Crippen LogP) is 2.38. The van der Waals surface area contributed by atoms with Crippen molar-refractivity contribution in [3.8, 4) is 0 Å². The van der Waals surface area contributed by atoms with Gasteiger partial charge in [0.1, 0.15) is 17.2 Å². The second kappa shape index (κ2) is 7.10. The molecule has 0 spiro atoms. The number of nitrogens with zero attached hydrogens (tertiary/aromatic N) is 3. The minimum Gasteiger partial charge on any atom is -0.321 e. The Morgan fingerprint density at radius 3 is 2.12 bits per heavy atom. The van der Waals surface area contributed by atoms with Crippen LogP contribution in [-0.2, 0) is 0 Å². The first-order chi connectivity index (χ1) is 11.7. The fourth-order valence-corrected chi connectivity index (χ4v) is 1.94. The molecular formula is C17H13N5O2. The lowest BCUT2D eigenvalue weighted by atomic mass is 10.2. The van der Waals surface area contributed by atoms with E-state index in [1.54, 1.807) is 55.0 Å². The van der Waals surface area contributed by atoms with Gasteiger partial charge in [-0.15, -0.1) is 0 Å². The van der Waals surface area contributed by atoms with E-state index >= 15 is 0 Å². The van der Waals surface area contributed by atoms with Crippen LogP contribution >= 0.6 is 0 Å². The molecule has 2 N–H and O–H groups in total. The number of carbonyl (C=O) groups excluding carboxylic acids is 2. The maximum atomic E-state index is 12.2. The van der Waals surface area contributed by atoms with E-state index in [0.29, 0.717) is 11.5 Å². The fraction of sp³-hybridized carbons (Fsp3) is 0. The standard InChI is InChI=1S/C17H13N5O2/c23-16(20-12-7-10-18-11-8-12)13-4-3-5-14(21-13)17(24)22-15-6-1-2-9-19-15/h1-11H,(H,18,20,23)(H,19,22,24). The normalized spacial score (nSPS) is 10.0. The summed E-state index contributed by atoms with van der Waals surface area (Å²) in [6.45, 7) is 0. The highest BCUT2D eigenvalue weighted by Gasteiger charge is 2.13. The lowest BCUT2D eigenvalue weighted by Crippen LogP contribution is -2.18. The molecule has 0 saturated heterocycles. The van der Waals surface area contributed by atoms with Gasteiger partial charge >= 0.3 is 0 Å². The molecule has 24 heavy (non-hydrogen) atoms. The summed E-state index contributed by atoms with van der Waals surface area (Å²) in [7, 11) is 0. The molecule has 0 aliphatic rings. The van der Waals surface area contributed by atoms with Gasteiger partial charge in [0, 0.05) is 24.3 Å². The summed E-state index contributed by atoms with van der Waals surface area (Å²) in [4.78, 5) is 36.4. The number of aromatic nitrogens is 3. The molecule has 3 aromatic heterocycles. The van der Waals surface area contributed by atoms with Crippen LogP contribution in [0.15, 0.2) is 67.1 Å². The van der Waals surface area contributed by atoms with Gasteiger partial charge in [-0.05, 0) is 36.4 Å². The van der Waals surface area contributed by atoms with Crippen molar-refractivity contribution >= 4 is 23.3 Å². The Morgan fingerprint density at radius 1 is 0.750 bits per heavy atom. The Balaban J connectivity index is 1.74. The smallest absolute Gasteiger partial charge is 0.275 e. The molecule has 0 aliphatic heterocycles. The van der Waals surface area contributed by atoms with E-state index in [9.17, 15) is 9.59 Å². The van der Waals surface area contributed by atoms with Crippen LogP contribution in [0.3, 0.4) is 0 Å². The number of hydrogen-bond donors (Lipinski definition) is 2. The van der Waals surface area contributed by atoms with Gasteiger partial charge in [-0.3, -0.25) is 14.6 Å². The molecule has 3 rings (SSSR count). The highest BCUT2D eigenvalue weighted by Crippen LogP contribution is 2.08. The summed E-state index contributed by atoms with van der Waals surface area (Å²) in [5, 5.41) is 5.31. The Labute approximate surface area is 137 Å². The highest BCUT2D eigenvalue weighted by atomic mass is 16.2. The van der Waals surface area contributed by atoms with E-state index in [1.807, 2.05) is 0 Å². The fourth-order valence-electron chi connectivity index (χ4n) is 1.94. The minimum absolute atomic E-state index is 0.128. The van der Waals surface area contributed by atoms with E-state index in [2.05, 4.69) is 25.6 Å². The minimum atomic E-state index is -0.438. The topological polar surface area (TPSA) is 96.9 Å². The van der Waals surface area contributed by atoms with Gasteiger partial charge in [0.25, 0.3) is 11.8 Å². The number of rotatable bonds is 4. The van der Waals surface area contributed by atoms with Crippen molar-refractivity contribution in [3.05, 3.63) is 78.5 Å². The lowest BCUT2D eigenvalue weighted by molar-refractivity contribution is 0.101. The Morgan fingerprint density at radius 2 is 1.46 bits per heavy atom. The molecule has 2 amide bonds. The highest BCUT2D eigenvalue weighted by molar-refractivity contribution is 6.05. The third-order valence-corrected chi connectivity index (χ3v) is 3.06. The lowest BCUT2D eigenvalue weighted by Gasteiger charge is -2.06. The summed E-state index contributed by atoms with van der Waals surface area (Å²) >= 11 is 0. The average Bonchev–Trinajstić information content (AvgIpc) is 2.63. The van der Waals surface area contributed by atoms with E-state index in [1.165, 1.54) is 12.1 Å². The van der Waals surface area contributed by atoms with Crippen molar-refractivity contribution in [2.45, 2.75) is 0 Å². The van der Waals surface area contributed by atoms with Gasteiger partial charge < -0.3 is 10.6 Å². The van der Waals surface area contributed by atoms with Crippen LogP contribution in [0.4, 0.5) is 11.5 Å². The number of anilines is 2. The molecule has 118 valence electrons. The molecule has 7 heteroatoms. The van der Waals surface area contributed by atoms with E-state index in [-0.39, 0.29) is 11.4 Å². The molecule has 0 saturated carbocycles. The van der Waals surface area contributed by atoms with Gasteiger partial charge in [-0.1, -0.05) is 12.1 Å². The van der Waals surface area contributed by atoms with Gasteiger partial charge in [-0.2, -0.15) is 0 Å². The Kier molecular flexibility index (Phi) is 4.52. The molecule has 0 bridgehead atoms. The summed E-state index contributed by atoms with van der Waals surface area (Å²) in [6.07, 6.45) is 4.71. The molecule has 0 fully saturated rings. The van der Waals surface area contributed by atoms with Crippen LogP contribution in [0, 0.1) is 0 Å².